The van der Waals surface area contributed by atoms with E-state index in [1.54, 1.807) is 14.2 Å². The van der Waals surface area contributed by atoms with Gasteiger partial charge >= 0.3 is 0 Å². The van der Waals surface area contributed by atoms with Gasteiger partial charge in [-0.3, -0.25) is 0 Å². The van der Waals surface area contributed by atoms with Crippen LogP contribution in [0.2, 0.25) is 0 Å². The number of hydrogen-bond acceptors (Lipinski definition) is 4. The Morgan fingerprint density at radius 3 is 2.44 bits per heavy atom. The highest BCUT2D eigenvalue weighted by Crippen LogP contribution is 2.17. The molecule has 0 fully saturated rings. The molecule has 2 N–H and O–H groups in total. The molecule has 0 heterocycles. The maximum atomic E-state index is 5.60. The highest BCUT2D eigenvalue weighted by atomic mass is 16.5. The first-order valence-corrected chi connectivity index (χ1v) is 5.23. The number of nitrogens with two attached hydrogens (primary N) is 1. The summed E-state index contributed by atoms with van der Waals surface area (Å²) in [5.41, 5.74) is 7.71. The van der Waals surface area contributed by atoms with E-state index in [0.717, 1.165) is 16.9 Å². The second kappa shape index (κ2) is 7.22. The molecule has 1 aromatic rings. The molecule has 0 aliphatic rings. The van der Waals surface area contributed by atoms with Crippen LogP contribution >= 0.6 is 0 Å². The highest BCUT2D eigenvalue weighted by molar-refractivity contribution is 5.34. The van der Waals surface area contributed by atoms with Gasteiger partial charge in [-0.25, -0.2) is 0 Å². The van der Waals surface area contributed by atoms with E-state index in [0.29, 0.717) is 26.4 Å². The molecule has 0 radical (unpaired) electrons. The molecule has 1 rings (SSSR count). The van der Waals surface area contributed by atoms with Gasteiger partial charge in [-0.1, -0.05) is 6.07 Å². The van der Waals surface area contributed by atoms with Crippen LogP contribution in [0.15, 0.2) is 18.2 Å². The van der Waals surface area contributed by atoms with E-state index in [9.17, 15) is 0 Å². The highest BCUT2D eigenvalue weighted by Gasteiger charge is 2.00. The largest absolute Gasteiger partial charge is 0.497 e. The molecule has 0 unspecified atom stereocenters. The maximum absolute atomic E-state index is 5.60. The fraction of sp³-hybridized carbons (Fsp3) is 0.500. The van der Waals surface area contributed by atoms with Crippen LogP contribution in [0.25, 0.3) is 0 Å². The fourth-order valence-corrected chi connectivity index (χ4v) is 1.38. The van der Waals surface area contributed by atoms with Crippen molar-refractivity contribution in [3.8, 4) is 5.75 Å². The first kappa shape index (κ1) is 13.0. The molecular formula is C12H19NO3. The first-order chi connectivity index (χ1) is 7.80. The maximum Gasteiger partial charge on any atom is 0.119 e. The molecular weight excluding hydrogens is 206 g/mol. The number of methoxy groups -OCH3 is 2. The SMILES string of the molecule is COCCOCc1cc(CN)cc(OC)c1. The van der Waals surface area contributed by atoms with E-state index < -0.39 is 0 Å². The smallest absolute Gasteiger partial charge is 0.119 e. The van der Waals surface area contributed by atoms with E-state index in [1.807, 2.05) is 18.2 Å². The topological polar surface area (TPSA) is 53.7 Å². The summed E-state index contributed by atoms with van der Waals surface area (Å²) in [5.74, 6) is 0.813. The van der Waals surface area contributed by atoms with Gasteiger partial charge < -0.3 is 19.9 Å². The van der Waals surface area contributed by atoms with Crippen molar-refractivity contribution in [3.63, 3.8) is 0 Å². The van der Waals surface area contributed by atoms with Gasteiger partial charge in [0.25, 0.3) is 0 Å². The molecule has 0 saturated heterocycles. The van der Waals surface area contributed by atoms with Crippen molar-refractivity contribution in [2.45, 2.75) is 13.2 Å². The van der Waals surface area contributed by atoms with Crippen LogP contribution in [0.3, 0.4) is 0 Å². The van der Waals surface area contributed by atoms with Crippen LogP contribution in [0.1, 0.15) is 11.1 Å². The Balaban J connectivity index is 2.57. The number of hydrogen-bond donors (Lipinski definition) is 1. The molecule has 0 amide bonds. The second-order valence-corrected chi connectivity index (χ2v) is 3.44. The van der Waals surface area contributed by atoms with E-state index in [2.05, 4.69) is 0 Å². The molecule has 90 valence electrons. The standard InChI is InChI=1S/C12H19NO3/c1-14-3-4-16-9-11-5-10(8-13)6-12(7-11)15-2/h5-7H,3-4,8-9,13H2,1-2H3. The lowest BCUT2D eigenvalue weighted by Crippen LogP contribution is -2.03. The van der Waals surface area contributed by atoms with Crippen LogP contribution in [0.4, 0.5) is 0 Å². The van der Waals surface area contributed by atoms with Gasteiger partial charge in [-0.2, -0.15) is 0 Å². The lowest BCUT2D eigenvalue weighted by molar-refractivity contribution is 0.0616. The van der Waals surface area contributed by atoms with Gasteiger partial charge in [0.15, 0.2) is 0 Å². The molecule has 0 spiro atoms. The third kappa shape index (κ3) is 4.18. The van der Waals surface area contributed by atoms with Crippen LogP contribution in [-0.4, -0.2) is 27.4 Å². The Morgan fingerprint density at radius 1 is 1.06 bits per heavy atom. The predicted octanol–water partition coefficient (Wildman–Crippen LogP) is 1.32. The summed E-state index contributed by atoms with van der Waals surface area (Å²) in [6, 6.07) is 5.90. The minimum atomic E-state index is 0.502. The molecule has 0 aliphatic heterocycles. The van der Waals surface area contributed by atoms with E-state index in [1.165, 1.54) is 0 Å². The Labute approximate surface area is 96.3 Å². The van der Waals surface area contributed by atoms with Crippen molar-refractivity contribution in [2.24, 2.45) is 5.73 Å². The molecule has 0 aliphatic carbocycles. The van der Waals surface area contributed by atoms with Crippen molar-refractivity contribution in [1.29, 1.82) is 0 Å². The fourth-order valence-electron chi connectivity index (χ4n) is 1.38. The van der Waals surface area contributed by atoms with Crippen LogP contribution < -0.4 is 10.5 Å². The lowest BCUT2D eigenvalue weighted by atomic mass is 10.1. The zero-order chi connectivity index (χ0) is 11.8. The summed E-state index contributed by atoms with van der Waals surface area (Å²) in [5, 5.41) is 0. The lowest BCUT2D eigenvalue weighted by Gasteiger charge is -2.08. The van der Waals surface area contributed by atoms with E-state index in [4.69, 9.17) is 19.9 Å². The second-order valence-electron chi connectivity index (χ2n) is 3.44. The van der Waals surface area contributed by atoms with Crippen molar-refractivity contribution in [2.75, 3.05) is 27.4 Å². The van der Waals surface area contributed by atoms with Gasteiger partial charge in [-0.05, 0) is 23.3 Å². The van der Waals surface area contributed by atoms with Crippen molar-refractivity contribution < 1.29 is 14.2 Å². The molecule has 1 aromatic carbocycles. The average molecular weight is 225 g/mol. The summed E-state index contributed by atoms with van der Waals surface area (Å²) in [6.45, 7) is 2.25. The van der Waals surface area contributed by atoms with Crippen molar-refractivity contribution in [3.05, 3.63) is 29.3 Å². The summed E-state index contributed by atoms with van der Waals surface area (Å²) in [7, 11) is 3.30. The Kier molecular flexibility index (Phi) is 5.85. The van der Waals surface area contributed by atoms with Crippen LogP contribution in [0.5, 0.6) is 5.75 Å². The Hall–Kier alpha value is -1.10. The van der Waals surface area contributed by atoms with Gasteiger partial charge in [0, 0.05) is 13.7 Å². The third-order valence-electron chi connectivity index (χ3n) is 2.20. The van der Waals surface area contributed by atoms with Gasteiger partial charge in [-0.15, -0.1) is 0 Å². The summed E-state index contributed by atoms with van der Waals surface area (Å²) >= 11 is 0. The molecule has 4 nitrogen and oxygen atoms in total. The predicted molar refractivity (Wildman–Crippen MR) is 62.4 cm³/mol. The molecule has 16 heavy (non-hydrogen) atoms. The van der Waals surface area contributed by atoms with Crippen LogP contribution in [0, 0.1) is 0 Å². The summed E-state index contributed by atoms with van der Waals surface area (Å²) < 4.78 is 15.5. The van der Waals surface area contributed by atoms with Crippen molar-refractivity contribution in [1.82, 2.24) is 0 Å². The Bertz CT molecular complexity index is 293. The van der Waals surface area contributed by atoms with E-state index in [-0.39, 0.29) is 0 Å². The van der Waals surface area contributed by atoms with Gasteiger partial charge in [0.2, 0.25) is 0 Å². The molecule has 0 saturated carbocycles. The van der Waals surface area contributed by atoms with Gasteiger partial charge in [0.05, 0.1) is 26.9 Å². The zero-order valence-corrected chi connectivity index (χ0v) is 9.86. The Morgan fingerprint density at radius 2 is 1.81 bits per heavy atom. The molecule has 0 aromatic heterocycles. The first-order valence-electron chi connectivity index (χ1n) is 5.23. The number of rotatable bonds is 7. The number of benzene rings is 1. The van der Waals surface area contributed by atoms with Gasteiger partial charge in [0.1, 0.15) is 5.75 Å². The average Bonchev–Trinajstić information content (AvgIpc) is 2.34. The minimum Gasteiger partial charge on any atom is -0.497 e. The van der Waals surface area contributed by atoms with E-state index >= 15 is 0 Å². The monoisotopic (exact) mass is 225 g/mol. The molecule has 0 atom stereocenters. The summed E-state index contributed by atoms with van der Waals surface area (Å²) in [4.78, 5) is 0. The minimum absolute atomic E-state index is 0.502. The normalized spacial score (nSPS) is 10.4. The number of ether oxygens (including phenoxy) is 3. The van der Waals surface area contributed by atoms with Crippen LogP contribution in [-0.2, 0) is 22.6 Å². The quantitative estimate of drug-likeness (QED) is 0.711. The summed E-state index contributed by atoms with van der Waals surface area (Å²) in [6.07, 6.45) is 0. The third-order valence-corrected chi connectivity index (χ3v) is 2.20. The molecule has 0 bridgehead atoms. The van der Waals surface area contributed by atoms with Crippen molar-refractivity contribution >= 4 is 0 Å². The molecule has 4 heteroatoms. The zero-order valence-electron chi connectivity index (χ0n) is 9.86.